The van der Waals surface area contributed by atoms with E-state index in [4.69, 9.17) is 0 Å². The molecule has 0 N–H and O–H groups in total. The number of hydrogen-bond donors (Lipinski definition) is 0. The summed E-state index contributed by atoms with van der Waals surface area (Å²) in [5, 5.41) is 0. The second-order valence-electron chi connectivity index (χ2n) is 6.20. The van der Waals surface area contributed by atoms with Gasteiger partial charge in [-0.25, -0.2) is 0 Å². The van der Waals surface area contributed by atoms with Crippen molar-refractivity contribution in [3.63, 3.8) is 0 Å². The Kier molecular flexibility index (Phi) is 5.46. The number of hydrogen-bond acceptors (Lipinski definition) is 0. The molecule has 0 fully saturated rings. The van der Waals surface area contributed by atoms with E-state index in [0.29, 0.717) is 11.8 Å². The van der Waals surface area contributed by atoms with Crippen molar-refractivity contribution in [2.24, 2.45) is 0 Å². The third-order valence-electron chi connectivity index (χ3n) is 4.25. The molecule has 1 heteroatoms. The fourth-order valence-corrected chi connectivity index (χ4v) is 3.14. The predicted molar refractivity (Wildman–Crippen MR) is 90.9 cm³/mol. The van der Waals surface area contributed by atoms with Crippen LogP contribution in [0.25, 0.3) is 0 Å². The minimum atomic E-state index is 0.647. The Labute approximate surface area is 124 Å². The van der Waals surface area contributed by atoms with Crippen LogP contribution in [0.2, 0.25) is 19.5 Å². The van der Waals surface area contributed by atoms with Gasteiger partial charge in [-0.15, -0.1) is 0 Å². The third-order valence-corrected chi connectivity index (χ3v) is 4.25. The first-order chi connectivity index (χ1) is 9.66. The zero-order valence-electron chi connectivity index (χ0n) is 12.9. The van der Waals surface area contributed by atoms with Gasteiger partial charge in [0.25, 0.3) is 0 Å². The molecular weight excluding hydrogens is 239 g/mol. The maximum absolute atomic E-state index is 2.39. The van der Waals surface area contributed by atoms with Crippen LogP contribution >= 0.6 is 0 Å². The maximum atomic E-state index is 2.39. The Bertz CT molecular complexity index is 444. The molecule has 0 heterocycles. The largest absolute Gasteiger partial charge is 0.137 e. The van der Waals surface area contributed by atoms with Crippen molar-refractivity contribution in [1.29, 1.82) is 0 Å². The van der Waals surface area contributed by atoms with Crippen LogP contribution in [0.15, 0.2) is 60.7 Å². The lowest BCUT2D eigenvalue weighted by Gasteiger charge is -2.19. The van der Waals surface area contributed by atoms with Gasteiger partial charge in [-0.05, 0) is 23.0 Å². The molecule has 0 nitrogen and oxygen atoms in total. The highest BCUT2D eigenvalue weighted by Gasteiger charge is 2.17. The normalized spacial score (nSPS) is 13.8. The monoisotopic (exact) mass is 264 g/mol. The first kappa shape index (κ1) is 14.9. The molecule has 2 rings (SSSR count). The molecule has 0 spiro atoms. The van der Waals surface area contributed by atoms with Crippen LogP contribution in [-0.2, 0) is 0 Å². The van der Waals surface area contributed by atoms with Gasteiger partial charge in [0.05, 0.1) is 0 Å². The van der Waals surface area contributed by atoms with Gasteiger partial charge in [0, 0.05) is 0 Å². The average molecular weight is 264 g/mol. The van der Waals surface area contributed by atoms with E-state index in [9.17, 15) is 0 Å². The van der Waals surface area contributed by atoms with E-state index in [2.05, 4.69) is 81.3 Å². The van der Waals surface area contributed by atoms with Gasteiger partial charge in [-0.1, -0.05) is 94.0 Å². The highest BCUT2D eigenvalue weighted by molar-refractivity contribution is 6.57. The van der Waals surface area contributed by atoms with E-state index in [1.54, 1.807) is 0 Å². The van der Waals surface area contributed by atoms with Crippen LogP contribution in [0.1, 0.15) is 36.8 Å². The Hall–Kier alpha value is -1.50. The summed E-state index contributed by atoms with van der Waals surface area (Å²) in [6, 6.07) is 21.7. The van der Waals surface area contributed by atoms with Gasteiger partial charge in [-0.3, -0.25) is 0 Å². The molecular formula is C19H25B. The Morgan fingerprint density at radius 2 is 1.05 bits per heavy atom. The van der Waals surface area contributed by atoms with Crippen LogP contribution in [0, 0.1) is 0 Å². The van der Waals surface area contributed by atoms with Crippen LogP contribution < -0.4 is 0 Å². The van der Waals surface area contributed by atoms with Gasteiger partial charge in [0.1, 0.15) is 6.71 Å². The molecule has 0 aliphatic rings. The summed E-state index contributed by atoms with van der Waals surface area (Å²) in [4.78, 5) is 0. The lowest BCUT2D eigenvalue weighted by atomic mass is 9.43. The van der Waals surface area contributed by atoms with Crippen molar-refractivity contribution >= 4 is 6.71 Å². The lowest BCUT2D eigenvalue weighted by Crippen LogP contribution is -2.13. The molecule has 2 atom stereocenters. The molecule has 104 valence electrons. The van der Waals surface area contributed by atoms with Gasteiger partial charge in [0.2, 0.25) is 0 Å². The molecule has 0 radical (unpaired) electrons. The van der Waals surface area contributed by atoms with Crippen molar-refractivity contribution in [2.45, 2.75) is 45.1 Å². The predicted octanol–water partition coefficient (Wildman–Crippen LogP) is 5.72. The molecule has 0 saturated heterocycles. The van der Waals surface area contributed by atoms with Crippen LogP contribution in [0.4, 0.5) is 0 Å². The third kappa shape index (κ3) is 4.26. The highest BCUT2D eigenvalue weighted by atomic mass is 14.1. The Morgan fingerprint density at radius 1 is 0.700 bits per heavy atom. The fraction of sp³-hybridized carbons (Fsp3) is 0.368. The van der Waals surface area contributed by atoms with E-state index < -0.39 is 0 Å². The van der Waals surface area contributed by atoms with E-state index in [1.165, 1.54) is 23.8 Å². The summed E-state index contributed by atoms with van der Waals surface area (Å²) < 4.78 is 0. The number of rotatable bonds is 6. The first-order valence-corrected chi connectivity index (χ1v) is 7.76. The van der Waals surface area contributed by atoms with Crippen molar-refractivity contribution in [1.82, 2.24) is 0 Å². The molecule has 0 aliphatic carbocycles. The van der Waals surface area contributed by atoms with Crippen molar-refractivity contribution < 1.29 is 0 Å². The standard InChI is InChI=1S/C19H25B/c1-16(18-10-6-4-7-11-18)14-20(3)15-17(2)19-12-8-5-9-13-19/h4-13,16-17H,14-15H2,1-3H3. The molecule has 2 unspecified atom stereocenters. The lowest BCUT2D eigenvalue weighted by molar-refractivity contribution is 0.813. The zero-order valence-corrected chi connectivity index (χ0v) is 12.9. The first-order valence-electron chi connectivity index (χ1n) is 7.76. The highest BCUT2D eigenvalue weighted by Crippen LogP contribution is 2.27. The topological polar surface area (TPSA) is 0 Å². The van der Waals surface area contributed by atoms with Gasteiger partial charge in [-0.2, -0.15) is 0 Å². The molecule has 0 amide bonds. The van der Waals surface area contributed by atoms with E-state index in [-0.39, 0.29) is 0 Å². The van der Waals surface area contributed by atoms with E-state index in [1.807, 2.05) is 0 Å². The second-order valence-corrected chi connectivity index (χ2v) is 6.20. The molecule has 0 saturated carbocycles. The maximum Gasteiger partial charge on any atom is 0.137 e. The summed E-state index contributed by atoms with van der Waals surface area (Å²) >= 11 is 0. The Balaban J connectivity index is 1.88. The van der Waals surface area contributed by atoms with Crippen LogP contribution in [0.3, 0.4) is 0 Å². The minimum Gasteiger partial charge on any atom is -0.0860 e. The van der Waals surface area contributed by atoms with Crippen LogP contribution in [-0.4, -0.2) is 6.71 Å². The smallest absolute Gasteiger partial charge is 0.0860 e. The number of benzene rings is 2. The summed E-state index contributed by atoms with van der Waals surface area (Å²) in [7, 11) is 0. The van der Waals surface area contributed by atoms with E-state index in [0.717, 1.165) is 6.71 Å². The van der Waals surface area contributed by atoms with E-state index >= 15 is 0 Å². The quantitative estimate of drug-likeness (QED) is 0.585. The summed E-state index contributed by atoms with van der Waals surface area (Å²) in [5.41, 5.74) is 2.93. The molecule has 2 aromatic rings. The summed E-state index contributed by atoms with van der Waals surface area (Å²) in [5.74, 6) is 1.29. The molecule has 2 aromatic carbocycles. The molecule has 0 aliphatic heterocycles. The van der Waals surface area contributed by atoms with Crippen molar-refractivity contribution in [2.75, 3.05) is 0 Å². The van der Waals surface area contributed by atoms with Crippen molar-refractivity contribution in [3.8, 4) is 0 Å². The molecule has 0 aromatic heterocycles. The Morgan fingerprint density at radius 3 is 1.40 bits per heavy atom. The minimum absolute atomic E-state index is 0.647. The van der Waals surface area contributed by atoms with Gasteiger partial charge in [0.15, 0.2) is 0 Å². The van der Waals surface area contributed by atoms with Crippen molar-refractivity contribution in [3.05, 3.63) is 71.8 Å². The SMILES string of the molecule is CB(CC(C)c1ccccc1)CC(C)c1ccccc1. The average Bonchev–Trinajstić information content (AvgIpc) is 2.49. The second kappa shape index (κ2) is 7.33. The molecule has 20 heavy (non-hydrogen) atoms. The van der Waals surface area contributed by atoms with Gasteiger partial charge >= 0.3 is 0 Å². The zero-order chi connectivity index (χ0) is 14.4. The summed E-state index contributed by atoms with van der Waals surface area (Å²) in [6.45, 7) is 7.83. The van der Waals surface area contributed by atoms with Crippen LogP contribution in [0.5, 0.6) is 0 Å². The van der Waals surface area contributed by atoms with Gasteiger partial charge < -0.3 is 0 Å². The summed E-state index contributed by atoms with van der Waals surface area (Å²) in [6.07, 6.45) is 2.53. The fourth-order valence-electron chi connectivity index (χ4n) is 3.14. The molecule has 0 bridgehead atoms.